The summed E-state index contributed by atoms with van der Waals surface area (Å²) in [7, 11) is 3.92. The van der Waals surface area contributed by atoms with Gasteiger partial charge in [-0.15, -0.1) is 11.3 Å². The summed E-state index contributed by atoms with van der Waals surface area (Å²) in [6.45, 7) is 2.13. The van der Waals surface area contributed by atoms with Crippen LogP contribution in [0.1, 0.15) is 16.6 Å². The van der Waals surface area contributed by atoms with Gasteiger partial charge in [-0.25, -0.2) is 0 Å². The van der Waals surface area contributed by atoms with Gasteiger partial charge in [0.25, 0.3) is 0 Å². The molecule has 2 nitrogen and oxygen atoms in total. The Morgan fingerprint density at radius 2 is 2.00 bits per heavy atom. The van der Waals surface area contributed by atoms with Crippen LogP contribution in [0.2, 0.25) is 0 Å². The van der Waals surface area contributed by atoms with Gasteiger partial charge in [0, 0.05) is 4.88 Å². The van der Waals surface area contributed by atoms with E-state index in [9.17, 15) is 0 Å². The molecular formula is C8H14N2S. The molecule has 0 aliphatic rings. The maximum Gasteiger partial charge on any atom is 0.0927 e. The van der Waals surface area contributed by atoms with Crippen molar-refractivity contribution in [2.75, 3.05) is 14.1 Å². The highest BCUT2D eigenvalue weighted by Crippen LogP contribution is 2.21. The average molecular weight is 170 g/mol. The first-order chi connectivity index (χ1) is 5.29. The van der Waals surface area contributed by atoms with Crippen molar-refractivity contribution in [1.29, 1.82) is 0 Å². The molecule has 1 rings (SSSR count). The summed E-state index contributed by atoms with van der Waals surface area (Å²) < 4.78 is 0. The monoisotopic (exact) mass is 170 g/mol. The van der Waals surface area contributed by atoms with Crippen LogP contribution in [0.5, 0.6) is 0 Å². The van der Waals surface area contributed by atoms with E-state index in [2.05, 4.69) is 29.0 Å². The van der Waals surface area contributed by atoms with E-state index in [-0.39, 0.29) is 0 Å². The fourth-order valence-corrected chi connectivity index (χ4v) is 2.13. The van der Waals surface area contributed by atoms with Gasteiger partial charge in [0.2, 0.25) is 0 Å². The lowest BCUT2D eigenvalue weighted by Gasteiger charge is -2.13. The summed E-state index contributed by atoms with van der Waals surface area (Å²) in [5.74, 6) is 0. The lowest BCUT2D eigenvalue weighted by atomic mass is 10.2. The zero-order chi connectivity index (χ0) is 8.27. The molecule has 0 unspecified atom stereocenters. The van der Waals surface area contributed by atoms with Crippen LogP contribution >= 0.6 is 11.3 Å². The average Bonchev–Trinajstić information content (AvgIpc) is 2.40. The third kappa shape index (κ3) is 1.80. The Kier molecular flexibility index (Phi) is 3.05. The maximum atomic E-state index is 3.19. The van der Waals surface area contributed by atoms with Crippen LogP contribution in [0.3, 0.4) is 0 Å². The zero-order valence-electron chi connectivity index (χ0n) is 7.14. The van der Waals surface area contributed by atoms with Gasteiger partial charge in [-0.3, -0.25) is 0 Å². The standard InChI is InChI=1S/C8H14N2S/c1-6-4-5-11-7(6)8(9-2)10-3/h4-5,8-10H,1-3H3. The van der Waals surface area contributed by atoms with Crippen molar-refractivity contribution < 1.29 is 0 Å². The first-order valence-corrected chi connectivity index (χ1v) is 4.56. The molecule has 0 saturated heterocycles. The SMILES string of the molecule is CNC(NC)c1sccc1C. The number of hydrogen-bond donors (Lipinski definition) is 2. The van der Waals surface area contributed by atoms with Crippen molar-refractivity contribution in [2.45, 2.75) is 13.1 Å². The summed E-state index contributed by atoms with van der Waals surface area (Å²) in [4.78, 5) is 1.37. The van der Waals surface area contributed by atoms with E-state index in [0.717, 1.165) is 0 Å². The number of thiophene rings is 1. The summed E-state index contributed by atoms with van der Waals surface area (Å²) in [6.07, 6.45) is 0.301. The number of aryl methyl sites for hydroxylation is 1. The second kappa shape index (κ2) is 3.85. The minimum absolute atomic E-state index is 0.301. The predicted octanol–water partition coefficient (Wildman–Crippen LogP) is 1.49. The third-order valence-electron chi connectivity index (χ3n) is 1.74. The summed E-state index contributed by atoms with van der Waals surface area (Å²) in [6, 6.07) is 2.14. The van der Waals surface area contributed by atoms with Gasteiger partial charge in [-0.05, 0) is 38.0 Å². The molecule has 62 valence electrons. The molecule has 1 aromatic rings. The van der Waals surface area contributed by atoms with E-state index < -0.39 is 0 Å². The molecule has 0 amide bonds. The van der Waals surface area contributed by atoms with Gasteiger partial charge < -0.3 is 10.6 Å². The fraction of sp³-hybridized carbons (Fsp3) is 0.500. The van der Waals surface area contributed by atoms with Gasteiger partial charge in [-0.1, -0.05) is 0 Å². The molecule has 0 aromatic carbocycles. The largest absolute Gasteiger partial charge is 0.301 e. The van der Waals surface area contributed by atoms with E-state index in [1.807, 2.05) is 14.1 Å². The van der Waals surface area contributed by atoms with E-state index in [1.165, 1.54) is 10.4 Å². The molecule has 2 N–H and O–H groups in total. The second-order valence-corrected chi connectivity index (χ2v) is 3.43. The Morgan fingerprint density at radius 1 is 1.36 bits per heavy atom. The molecule has 0 atom stereocenters. The second-order valence-electron chi connectivity index (χ2n) is 2.48. The fourth-order valence-electron chi connectivity index (χ4n) is 1.09. The van der Waals surface area contributed by atoms with Crippen LogP contribution in [0, 0.1) is 6.92 Å². The highest BCUT2D eigenvalue weighted by molar-refractivity contribution is 7.10. The Hall–Kier alpha value is -0.380. The Bertz CT molecular complexity index is 216. The lowest BCUT2D eigenvalue weighted by Crippen LogP contribution is -2.28. The topological polar surface area (TPSA) is 24.1 Å². The molecule has 11 heavy (non-hydrogen) atoms. The molecular weight excluding hydrogens is 156 g/mol. The molecule has 0 aliphatic heterocycles. The summed E-state index contributed by atoms with van der Waals surface area (Å²) in [5, 5.41) is 8.51. The van der Waals surface area contributed by atoms with Crippen LogP contribution in [-0.4, -0.2) is 14.1 Å². The molecule has 0 fully saturated rings. The highest BCUT2D eigenvalue weighted by Gasteiger charge is 2.09. The van der Waals surface area contributed by atoms with Gasteiger partial charge in [0.05, 0.1) is 6.17 Å². The third-order valence-corrected chi connectivity index (χ3v) is 2.83. The number of hydrogen-bond acceptors (Lipinski definition) is 3. The van der Waals surface area contributed by atoms with Crippen molar-refractivity contribution >= 4 is 11.3 Å². The van der Waals surface area contributed by atoms with Crippen molar-refractivity contribution in [3.63, 3.8) is 0 Å². The van der Waals surface area contributed by atoms with Crippen molar-refractivity contribution in [2.24, 2.45) is 0 Å². The van der Waals surface area contributed by atoms with Gasteiger partial charge in [0.15, 0.2) is 0 Å². The van der Waals surface area contributed by atoms with Crippen molar-refractivity contribution in [1.82, 2.24) is 10.6 Å². The quantitative estimate of drug-likeness (QED) is 0.672. The molecule has 1 aromatic heterocycles. The molecule has 0 bridgehead atoms. The van der Waals surface area contributed by atoms with Crippen LogP contribution in [-0.2, 0) is 0 Å². The number of rotatable bonds is 3. The minimum atomic E-state index is 0.301. The van der Waals surface area contributed by atoms with Crippen molar-refractivity contribution in [3.8, 4) is 0 Å². The van der Waals surface area contributed by atoms with E-state index in [1.54, 1.807) is 11.3 Å². The Morgan fingerprint density at radius 3 is 2.36 bits per heavy atom. The van der Waals surface area contributed by atoms with Crippen LogP contribution in [0.4, 0.5) is 0 Å². The minimum Gasteiger partial charge on any atom is -0.301 e. The maximum absolute atomic E-state index is 3.19. The first-order valence-electron chi connectivity index (χ1n) is 3.68. The lowest BCUT2D eigenvalue weighted by molar-refractivity contribution is 0.526. The molecule has 1 heterocycles. The van der Waals surface area contributed by atoms with Gasteiger partial charge in [-0.2, -0.15) is 0 Å². The predicted molar refractivity (Wildman–Crippen MR) is 49.9 cm³/mol. The van der Waals surface area contributed by atoms with Crippen molar-refractivity contribution in [3.05, 3.63) is 21.9 Å². The van der Waals surface area contributed by atoms with Crippen LogP contribution < -0.4 is 10.6 Å². The van der Waals surface area contributed by atoms with Gasteiger partial charge >= 0.3 is 0 Å². The molecule has 3 heteroatoms. The zero-order valence-corrected chi connectivity index (χ0v) is 7.96. The van der Waals surface area contributed by atoms with Crippen LogP contribution in [0.15, 0.2) is 11.4 Å². The highest BCUT2D eigenvalue weighted by atomic mass is 32.1. The van der Waals surface area contributed by atoms with Crippen LogP contribution in [0.25, 0.3) is 0 Å². The molecule has 0 saturated carbocycles. The Labute approximate surface area is 71.6 Å². The van der Waals surface area contributed by atoms with Gasteiger partial charge in [0.1, 0.15) is 0 Å². The molecule has 0 aliphatic carbocycles. The van der Waals surface area contributed by atoms with E-state index in [4.69, 9.17) is 0 Å². The summed E-state index contributed by atoms with van der Waals surface area (Å²) in [5.41, 5.74) is 1.35. The molecule has 0 spiro atoms. The normalized spacial score (nSPS) is 10.9. The first kappa shape index (κ1) is 8.71. The Balaban J connectivity index is 2.81. The number of nitrogens with one attached hydrogen (secondary N) is 2. The summed E-state index contributed by atoms with van der Waals surface area (Å²) >= 11 is 1.78. The smallest absolute Gasteiger partial charge is 0.0927 e. The molecule has 0 radical (unpaired) electrons. The van der Waals surface area contributed by atoms with E-state index >= 15 is 0 Å². The van der Waals surface area contributed by atoms with E-state index in [0.29, 0.717) is 6.17 Å².